The lowest BCUT2D eigenvalue weighted by Crippen LogP contribution is -2.54. The Bertz CT molecular complexity index is 1420. The first-order chi connectivity index (χ1) is 17.3. The summed E-state index contributed by atoms with van der Waals surface area (Å²) in [7, 11) is 0. The van der Waals surface area contributed by atoms with Gasteiger partial charge in [-0.05, 0) is 111 Å². The summed E-state index contributed by atoms with van der Waals surface area (Å²) in [5, 5.41) is 2.16. The number of barbiturate groups is 1. The number of urea groups is 1. The lowest BCUT2D eigenvalue weighted by molar-refractivity contribution is -0.122. The van der Waals surface area contributed by atoms with E-state index in [1.807, 2.05) is 18.2 Å². The van der Waals surface area contributed by atoms with Gasteiger partial charge in [-0.25, -0.2) is 14.1 Å². The summed E-state index contributed by atoms with van der Waals surface area (Å²) in [4.78, 5) is 38.6. The van der Waals surface area contributed by atoms with Crippen molar-refractivity contribution >= 4 is 74.8 Å². The van der Waals surface area contributed by atoms with Gasteiger partial charge in [0.25, 0.3) is 11.8 Å². The van der Waals surface area contributed by atoms with Crippen molar-refractivity contribution in [1.82, 2.24) is 5.32 Å². The molecule has 182 valence electrons. The van der Waals surface area contributed by atoms with Gasteiger partial charge >= 0.3 is 6.03 Å². The zero-order valence-corrected chi connectivity index (χ0v) is 22.5. The van der Waals surface area contributed by atoms with E-state index in [-0.39, 0.29) is 18.1 Å². The van der Waals surface area contributed by atoms with Gasteiger partial charge in [0.1, 0.15) is 23.7 Å². The molecule has 0 aliphatic carbocycles. The zero-order valence-electron chi connectivity index (χ0n) is 18.2. The lowest BCUT2D eigenvalue weighted by Gasteiger charge is -2.26. The molecular formula is C25H15FI2N2O6. The smallest absolute Gasteiger partial charge is 0.335 e. The number of hydrogen-bond acceptors (Lipinski definition) is 6. The Morgan fingerprint density at radius 2 is 1.67 bits per heavy atom. The normalized spacial score (nSPS) is 15.9. The van der Waals surface area contributed by atoms with E-state index in [1.54, 1.807) is 12.1 Å². The lowest BCUT2D eigenvalue weighted by atomic mass is 10.1. The number of hydrogen-bond donors (Lipinski definition) is 1. The van der Waals surface area contributed by atoms with Gasteiger partial charge in [-0.2, -0.15) is 0 Å². The van der Waals surface area contributed by atoms with Crippen LogP contribution >= 0.6 is 45.2 Å². The summed E-state index contributed by atoms with van der Waals surface area (Å²) in [5.74, 6) is -0.105. The molecule has 1 fully saturated rings. The molecule has 11 heteroatoms. The molecule has 0 radical (unpaired) electrons. The van der Waals surface area contributed by atoms with Crippen molar-refractivity contribution in [3.8, 4) is 17.2 Å². The molecule has 0 spiro atoms. The highest BCUT2D eigenvalue weighted by atomic mass is 127. The van der Waals surface area contributed by atoms with E-state index in [2.05, 4.69) is 50.5 Å². The van der Waals surface area contributed by atoms with Gasteiger partial charge in [0.15, 0.2) is 11.5 Å². The summed E-state index contributed by atoms with van der Waals surface area (Å²) in [6.45, 7) is 0.501. The zero-order chi connectivity index (χ0) is 25.4. The number of nitrogens with one attached hydrogen (secondary N) is 1. The summed E-state index contributed by atoms with van der Waals surface area (Å²) < 4.78 is 31.6. The predicted octanol–water partition coefficient (Wildman–Crippen LogP) is 5.01. The minimum Gasteiger partial charge on any atom is -0.487 e. The van der Waals surface area contributed by atoms with Crippen LogP contribution in [0.4, 0.5) is 14.9 Å². The monoisotopic (exact) mass is 712 g/mol. The first kappa shape index (κ1) is 24.5. The molecule has 2 aliphatic heterocycles. The highest BCUT2D eigenvalue weighted by Gasteiger charge is 2.36. The molecule has 2 aliphatic rings. The Balaban J connectivity index is 1.38. The number of fused-ring (bicyclic) bond motifs is 1. The first-order valence-electron chi connectivity index (χ1n) is 10.5. The van der Waals surface area contributed by atoms with Gasteiger partial charge in [0.2, 0.25) is 6.79 Å². The van der Waals surface area contributed by atoms with Gasteiger partial charge in [-0.3, -0.25) is 14.9 Å². The molecule has 0 bridgehead atoms. The van der Waals surface area contributed by atoms with Crippen LogP contribution in [0.5, 0.6) is 17.2 Å². The van der Waals surface area contributed by atoms with E-state index in [0.717, 1.165) is 29.7 Å². The second-order valence-corrected chi connectivity index (χ2v) is 10.0. The minimum absolute atomic E-state index is 0.147. The van der Waals surface area contributed by atoms with Crippen molar-refractivity contribution in [2.24, 2.45) is 0 Å². The van der Waals surface area contributed by atoms with Crippen LogP contribution in [0.2, 0.25) is 0 Å². The number of nitrogens with zero attached hydrogens (tertiary/aromatic N) is 1. The van der Waals surface area contributed by atoms with Crippen molar-refractivity contribution in [3.63, 3.8) is 0 Å². The molecular weight excluding hydrogens is 697 g/mol. The number of ether oxygens (including phenoxy) is 3. The van der Waals surface area contributed by atoms with E-state index in [0.29, 0.717) is 29.4 Å². The summed E-state index contributed by atoms with van der Waals surface area (Å²) >= 11 is 4.24. The molecule has 2 heterocycles. The Labute approximate surface area is 231 Å². The van der Waals surface area contributed by atoms with Gasteiger partial charge < -0.3 is 14.2 Å². The molecule has 3 aromatic rings. The van der Waals surface area contributed by atoms with Crippen LogP contribution in [-0.2, 0) is 16.2 Å². The van der Waals surface area contributed by atoms with Gasteiger partial charge in [0, 0.05) is 0 Å². The van der Waals surface area contributed by atoms with Crippen LogP contribution in [0.1, 0.15) is 11.1 Å². The third kappa shape index (κ3) is 4.89. The van der Waals surface area contributed by atoms with Crippen LogP contribution in [-0.4, -0.2) is 24.6 Å². The predicted molar refractivity (Wildman–Crippen MR) is 144 cm³/mol. The van der Waals surface area contributed by atoms with Crippen LogP contribution in [0.15, 0.2) is 60.2 Å². The second-order valence-electron chi connectivity index (χ2n) is 7.72. The topological polar surface area (TPSA) is 94.2 Å². The van der Waals surface area contributed by atoms with E-state index in [1.165, 1.54) is 18.2 Å². The Kier molecular flexibility index (Phi) is 6.83. The maximum atomic E-state index is 13.3. The van der Waals surface area contributed by atoms with E-state index < -0.39 is 23.7 Å². The number of benzene rings is 3. The Hall–Kier alpha value is -3.20. The highest BCUT2D eigenvalue weighted by molar-refractivity contribution is 14.1. The Morgan fingerprint density at radius 3 is 2.39 bits per heavy atom. The average molecular weight is 712 g/mol. The van der Waals surface area contributed by atoms with Gasteiger partial charge in [0.05, 0.1) is 12.8 Å². The summed E-state index contributed by atoms with van der Waals surface area (Å²) in [6, 6.07) is 13.1. The second kappa shape index (κ2) is 10.0. The van der Waals surface area contributed by atoms with Crippen LogP contribution in [0.3, 0.4) is 0 Å². The highest BCUT2D eigenvalue weighted by Crippen LogP contribution is 2.34. The molecule has 4 amide bonds. The SMILES string of the molecule is O=C1NC(=O)N(c2ccc(F)cc2)C(=O)/C1=C/c1cc(I)c(OCc2ccc3c(c2)OCO3)c(I)c1. The fraction of sp³-hybridized carbons (Fsp3) is 0.0800. The third-order valence-electron chi connectivity index (χ3n) is 5.34. The Morgan fingerprint density at radius 1 is 0.972 bits per heavy atom. The largest absolute Gasteiger partial charge is 0.487 e. The number of anilines is 1. The summed E-state index contributed by atoms with van der Waals surface area (Å²) in [6.07, 6.45) is 1.41. The van der Waals surface area contributed by atoms with E-state index in [4.69, 9.17) is 14.2 Å². The molecule has 0 saturated carbocycles. The first-order valence-corrected chi connectivity index (χ1v) is 12.6. The number of carbonyl (C=O) groups is 3. The number of halogens is 3. The van der Waals surface area contributed by atoms with Crippen molar-refractivity contribution in [1.29, 1.82) is 0 Å². The number of amides is 4. The number of carbonyl (C=O) groups excluding carboxylic acids is 3. The minimum atomic E-state index is -0.898. The van der Waals surface area contributed by atoms with Crippen LogP contribution in [0, 0.1) is 13.0 Å². The van der Waals surface area contributed by atoms with Gasteiger partial charge in [-0.15, -0.1) is 0 Å². The van der Waals surface area contributed by atoms with Crippen molar-refractivity contribution in [2.45, 2.75) is 6.61 Å². The molecule has 8 nitrogen and oxygen atoms in total. The van der Waals surface area contributed by atoms with E-state index >= 15 is 0 Å². The maximum absolute atomic E-state index is 13.3. The molecule has 0 unspecified atom stereocenters. The third-order valence-corrected chi connectivity index (χ3v) is 6.94. The fourth-order valence-electron chi connectivity index (χ4n) is 3.64. The number of imide groups is 2. The van der Waals surface area contributed by atoms with E-state index in [9.17, 15) is 18.8 Å². The van der Waals surface area contributed by atoms with Gasteiger partial charge in [-0.1, -0.05) is 6.07 Å². The van der Waals surface area contributed by atoms with Crippen molar-refractivity contribution in [3.05, 3.63) is 84.3 Å². The maximum Gasteiger partial charge on any atom is 0.335 e. The van der Waals surface area contributed by atoms with Crippen LogP contribution in [0.25, 0.3) is 6.08 Å². The molecule has 1 N–H and O–H groups in total. The molecule has 36 heavy (non-hydrogen) atoms. The molecule has 0 aromatic heterocycles. The number of rotatable bonds is 5. The van der Waals surface area contributed by atoms with Crippen molar-refractivity contribution < 1.29 is 33.0 Å². The summed E-state index contributed by atoms with van der Waals surface area (Å²) in [5.41, 5.74) is 1.41. The quantitative estimate of drug-likeness (QED) is 0.227. The van der Waals surface area contributed by atoms with Crippen molar-refractivity contribution in [2.75, 3.05) is 11.7 Å². The average Bonchev–Trinajstić information content (AvgIpc) is 3.30. The molecule has 1 saturated heterocycles. The molecule has 0 atom stereocenters. The van der Waals surface area contributed by atoms with Crippen LogP contribution < -0.4 is 24.4 Å². The molecule has 3 aromatic carbocycles. The molecule has 5 rings (SSSR count). The fourth-order valence-corrected chi connectivity index (χ4v) is 5.76. The standard InChI is InChI=1S/C25H15FI2N2O6/c26-15-2-4-16(5-3-15)30-24(32)17(23(31)29-25(30)33)7-14-8-18(27)22(19(28)9-14)34-11-13-1-6-20-21(10-13)36-12-35-20/h1-10H,11-12H2,(H,29,31,33)/b17-7+.